The van der Waals surface area contributed by atoms with Gasteiger partial charge < -0.3 is 10.3 Å². The van der Waals surface area contributed by atoms with Gasteiger partial charge in [0.2, 0.25) is 0 Å². The molecule has 0 aliphatic rings. The maximum atomic E-state index is 12.6. The van der Waals surface area contributed by atoms with Crippen LogP contribution in [0.5, 0.6) is 0 Å². The van der Waals surface area contributed by atoms with Crippen LogP contribution >= 0.6 is 0 Å². The second kappa shape index (κ2) is 5.86. The van der Waals surface area contributed by atoms with Crippen molar-refractivity contribution >= 4 is 0 Å². The van der Waals surface area contributed by atoms with Gasteiger partial charge in [0.05, 0.1) is 5.69 Å². The van der Waals surface area contributed by atoms with E-state index < -0.39 is 5.54 Å². The van der Waals surface area contributed by atoms with Gasteiger partial charge in [-0.05, 0) is 50.5 Å². The Hall–Kier alpha value is -1.87. The molecule has 0 spiro atoms. The van der Waals surface area contributed by atoms with Crippen molar-refractivity contribution in [1.82, 2.24) is 4.57 Å². The summed E-state index contributed by atoms with van der Waals surface area (Å²) in [6.45, 7) is 8.47. The van der Waals surface area contributed by atoms with Gasteiger partial charge in [-0.3, -0.25) is 4.79 Å². The number of nitrogens with two attached hydrogens (primary N) is 1. The topological polar surface area (TPSA) is 48.0 Å². The van der Waals surface area contributed by atoms with E-state index in [4.69, 9.17) is 5.73 Å². The molecule has 3 nitrogen and oxygen atoms in total. The van der Waals surface area contributed by atoms with Gasteiger partial charge in [0.15, 0.2) is 0 Å². The van der Waals surface area contributed by atoms with Gasteiger partial charge in [-0.1, -0.05) is 31.2 Å². The minimum atomic E-state index is -0.626. The summed E-state index contributed by atoms with van der Waals surface area (Å²) in [4.78, 5) is 12.6. The Kier molecular flexibility index (Phi) is 4.33. The van der Waals surface area contributed by atoms with Crippen molar-refractivity contribution in [3.63, 3.8) is 0 Å². The normalized spacial score (nSPS) is 11.7. The van der Waals surface area contributed by atoms with E-state index in [2.05, 4.69) is 31.2 Å². The molecule has 2 N–H and O–H groups in total. The van der Waals surface area contributed by atoms with E-state index in [1.54, 1.807) is 4.57 Å². The summed E-state index contributed by atoms with van der Waals surface area (Å²) < 4.78 is 1.80. The maximum Gasteiger partial charge on any atom is 0.256 e. The molecule has 21 heavy (non-hydrogen) atoms. The first kappa shape index (κ1) is 15.5. The van der Waals surface area contributed by atoms with Gasteiger partial charge in [-0.25, -0.2) is 0 Å². The Morgan fingerprint density at radius 2 is 1.67 bits per heavy atom. The number of benzene rings is 1. The minimum Gasteiger partial charge on any atom is -0.322 e. The van der Waals surface area contributed by atoms with Gasteiger partial charge in [0.25, 0.3) is 5.56 Å². The van der Waals surface area contributed by atoms with Gasteiger partial charge in [0.1, 0.15) is 0 Å². The van der Waals surface area contributed by atoms with Crippen LogP contribution in [0.15, 0.2) is 41.2 Å². The molecular formula is C18H24N2O. The lowest BCUT2D eigenvalue weighted by Gasteiger charge is -2.21. The summed E-state index contributed by atoms with van der Waals surface area (Å²) in [5.41, 5.74) is 9.42. The lowest BCUT2D eigenvalue weighted by Crippen LogP contribution is -2.38. The predicted molar refractivity (Wildman–Crippen MR) is 88.4 cm³/mol. The van der Waals surface area contributed by atoms with Crippen LogP contribution < -0.4 is 11.3 Å². The van der Waals surface area contributed by atoms with Crippen LogP contribution in [-0.2, 0) is 18.5 Å². The molecule has 0 saturated carbocycles. The number of aryl methyl sites for hydroxylation is 1. The average Bonchev–Trinajstić information content (AvgIpc) is 2.45. The van der Waals surface area contributed by atoms with Gasteiger partial charge in [0, 0.05) is 17.6 Å². The highest BCUT2D eigenvalue weighted by Gasteiger charge is 2.20. The van der Waals surface area contributed by atoms with Crippen molar-refractivity contribution in [2.45, 2.75) is 46.2 Å². The second-order valence-corrected chi connectivity index (χ2v) is 5.95. The van der Waals surface area contributed by atoms with Crippen LogP contribution in [0.25, 0.3) is 11.3 Å². The van der Waals surface area contributed by atoms with Crippen LogP contribution in [-0.4, -0.2) is 4.57 Å². The standard InChI is InChI=1S/C18H24N2O/c1-5-13-7-9-14(10-8-13)16-12-11-15(18(3,4)19)17(21)20(16)6-2/h7-12H,5-6,19H2,1-4H3. The van der Waals surface area contributed by atoms with Crippen LogP contribution in [0.4, 0.5) is 0 Å². The molecule has 2 rings (SSSR count). The molecule has 3 heteroatoms. The zero-order valence-electron chi connectivity index (χ0n) is 13.3. The van der Waals surface area contributed by atoms with Crippen LogP contribution in [0, 0.1) is 0 Å². The Morgan fingerprint density at radius 3 is 2.14 bits per heavy atom. The first-order valence-electron chi connectivity index (χ1n) is 7.51. The highest BCUT2D eigenvalue weighted by molar-refractivity contribution is 5.60. The third-order valence-electron chi connectivity index (χ3n) is 3.84. The Morgan fingerprint density at radius 1 is 1.05 bits per heavy atom. The maximum absolute atomic E-state index is 12.6. The van der Waals surface area contributed by atoms with Crippen molar-refractivity contribution in [3.05, 3.63) is 57.9 Å². The van der Waals surface area contributed by atoms with Crippen molar-refractivity contribution < 1.29 is 0 Å². The third-order valence-corrected chi connectivity index (χ3v) is 3.84. The molecule has 0 unspecified atom stereocenters. The Balaban J connectivity index is 2.59. The molecule has 112 valence electrons. The van der Waals surface area contributed by atoms with E-state index in [9.17, 15) is 4.79 Å². The predicted octanol–water partition coefficient (Wildman–Crippen LogP) is 3.29. The van der Waals surface area contributed by atoms with Crippen molar-refractivity contribution in [2.75, 3.05) is 0 Å². The average molecular weight is 284 g/mol. The van der Waals surface area contributed by atoms with E-state index >= 15 is 0 Å². The quantitative estimate of drug-likeness (QED) is 0.936. The van der Waals surface area contributed by atoms with Crippen molar-refractivity contribution in [2.24, 2.45) is 5.73 Å². The van der Waals surface area contributed by atoms with E-state index in [-0.39, 0.29) is 5.56 Å². The first-order chi connectivity index (χ1) is 9.88. The monoisotopic (exact) mass is 284 g/mol. The number of pyridine rings is 1. The van der Waals surface area contributed by atoms with Crippen molar-refractivity contribution in [3.8, 4) is 11.3 Å². The number of hydrogen-bond donors (Lipinski definition) is 1. The summed E-state index contributed by atoms with van der Waals surface area (Å²) >= 11 is 0. The lowest BCUT2D eigenvalue weighted by atomic mass is 9.96. The summed E-state index contributed by atoms with van der Waals surface area (Å²) in [6.07, 6.45) is 1.02. The van der Waals surface area contributed by atoms with Gasteiger partial charge in [-0.2, -0.15) is 0 Å². The van der Waals surface area contributed by atoms with E-state index in [1.165, 1.54) is 5.56 Å². The summed E-state index contributed by atoms with van der Waals surface area (Å²) in [7, 11) is 0. The van der Waals surface area contributed by atoms with E-state index in [1.807, 2.05) is 32.9 Å². The molecule has 0 radical (unpaired) electrons. The molecule has 1 aromatic heterocycles. The molecule has 1 aromatic carbocycles. The fourth-order valence-electron chi connectivity index (χ4n) is 2.55. The molecule has 0 fully saturated rings. The van der Waals surface area contributed by atoms with Crippen molar-refractivity contribution in [1.29, 1.82) is 0 Å². The Bertz CT molecular complexity index is 676. The third kappa shape index (κ3) is 3.08. The van der Waals surface area contributed by atoms with Gasteiger partial charge in [-0.15, -0.1) is 0 Å². The van der Waals surface area contributed by atoms with E-state index in [0.717, 1.165) is 17.7 Å². The molecule has 0 saturated heterocycles. The molecule has 0 aliphatic carbocycles. The highest BCUT2D eigenvalue weighted by Crippen LogP contribution is 2.21. The van der Waals surface area contributed by atoms with Crippen LogP contribution in [0.2, 0.25) is 0 Å². The molecule has 0 amide bonds. The second-order valence-electron chi connectivity index (χ2n) is 5.95. The smallest absolute Gasteiger partial charge is 0.256 e. The molecule has 1 heterocycles. The number of rotatable bonds is 4. The van der Waals surface area contributed by atoms with Crippen LogP contribution in [0.1, 0.15) is 38.8 Å². The lowest BCUT2D eigenvalue weighted by molar-refractivity contribution is 0.536. The molecule has 0 aliphatic heterocycles. The van der Waals surface area contributed by atoms with E-state index in [0.29, 0.717) is 12.1 Å². The highest BCUT2D eigenvalue weighted by atomic mass is 16.1. The summed E-state index contributed by atoms with van der Waals surface area (Å²) in [6, 6.07) is 12.2. The molecule has 0 bridgehead atoms. The minimum absolute atomic E-state index is 0.00191. The molecule has 0 atom stereocenters. The zero-order valence-corrected chi connectivity index (χ0v) is 13.3. The Labute approximate surface area is 126 Å². The molecular weight excluding hydrogens is 260 g/mol. The van der Waals surface area contributed by atoms with Gasteiger partial charge >= 0.3 is 0 Å². The fraction of sp³-hybridized carbons (Fsp3) is 0.389. The number of nitrogens with zero attached hydrogens (tertiary/aromatic N) is 1. The zero-order chi connectivity index (χ0) is 15.6. The van der Waals surface area contributed by atoms with Crippen LogP contribution in [0.3, 0.4) is 0 Å². The molecule has 2 aromatic rings. The first-order valence-corrected chi connectivity index (χ1v) is 7.51. The largest absolute Gasteiger partial charge is 0.322 e. The summed E-state index contributed by atoms with van der Waals surface area (Å²) in [5, 5.41) is 0. The number of hydrogen-bond acceptors (Lipinski definition) is 2. The fourth-order valence-corrected chi connectivity index (χ4v) is 2.55. The summed E-state index contributed by atoms with van der Waals surface area (Å²) in [5.74, 6) is 0. The number of aromatic nitrogens is 1. The SMILES string of the molecule is CCc1ccc(-c2ccc(C(C)(C)N)c(=O)n2CC)cc1.